The number of halogens is 4. The third-order valence-corrected chi connectivity index (χ3v) is 3.58. The molecule has 0 radical (unpaired) electrons. The molecule has 0 unspecified atom stereocenters. The molecule has 0 aliphatic rings. The smallest absolute Gasteiger partial charge is 0.417 e. The monoisotopic (exact) mass is 326 g/mol. The van der Waals surface area contributed by atoms with Gasteiger partial charge in [-0.1, -0.05) is 24.3 Å². The Bertz CT molecular complexity index is 721. The molecule has 0 fully saturated rings. The van der Waals surface area contributed by atoms with Gasteiger partial charge in [0.2, 0.25) is 0 Å². The van der Waals surface area contributed by atoms with Crippen LogP contribution in [0.5, 0.6) is 11.5 Å². The fourth-order valence-electron chi connectivity index (χ4n) is 2.05. The van der Waals surface area contributed by atoms with Crippen molar-refractivity contribution in [2.24, 2.45) is 0 Å². The molecule has 0 atom stereocenters. The molecule has 5 heteroatoms. The predicted molar refractivity (Wildman–Crippen MR) is 82.5 cm³/mol. The predicted octanol–water partition coefficient (Wildman–Crippen LogP) is 6.41. The van der Waals surface area contributed by atoms with Gasteiger partial charge in [-0.25, -0.2) is 0 Å². The largest absolute Gasteiger partial charge is 0.457 e. The van der Waals surface area contributed by atoms with E-state index in [0.717, 1.165) is 22.8 Å². The van der Waals surface area contributed by atoms with Crippen molar-refractivity contribution in [3.63, 3.8) is 0 Å². The maximum Gasteiger partial charge on any atom is 0.417 e. The van der Waals surface area contributed by atoms with Crippen molar-refractivity contribution in [2.45, 2.75) is 20.0 Å². The zero-order chi connectivity index (χ0) is 16.5. The van der Waals surface area contributed by atoms with Crippen LogP contribution in [0.4, 0.5) is 13.2 Å². The molecule has 0 amide bonds. The molecule has 0 saturated carbocycles. The molecule has 0 heterocycles. The van der Waals surface area contributed by atoms with Gasteiger partial charge >= 0.3 is 6.18 Å². The number of hydrogen-bond donors (Lipinski definition) is 0. The Kier molecular flexibility index (Phi) is 4.52. The molecule has 22 heavy (non-hydrogen) atoms. The Hall–Kier alpha value is -1.94. The van der Waals surface area contributed by atoms with Gasteiger partial charge in [-0.05, 0) is 60.9 Å². The zero-order valence-corrected chi connectivity index (χ0v) is 12.8. The van der Waals surface area contributed by atoms with Crippen molar-refractivity contribution < 1.29 is 17.9 Å². The van der Waals surface area contributed by atoms with E-state index in [-0.39, 0.29) is 10.8 Å². The SMILES string of the molecule is C=Cc1cc(C)c(Oc2ccc(Cl)c(C(F)(F)F)c2)cc1C. The number of rotatable bonds is 3. The van der Waals surface area contributed by atoms with E-state index in [2.05, 4.69) is 6.58 Å². The van der Waals surface area contributed by atoms with E-state index in [9.17, 15) is 13.2 Å². The molecule has 0 spiro atoms. The number of aryl methyl sites for hydroxylation is 2. The van der Waals surface area contributed by atoms with Gasteiger partial charge in [-0.3, -0.25) is 0 Å². The van der Waals surface area contributed by atoms with E-state index in [1.807, 2.05) is 19.9 Å². The molecule has 0 aromatic heterocycles. The first-order valence-corrected chi connectivity index (χ1v) is 6.88. The summed E-state index contributed by atoms with van der Waals surface area (Å²) < 4.78 is 44.2. The quantitative estimate of drug-likeness (QED) is 0.633. The van der Waals surface area contributed by atoms with Crippen LogP contribution in [0.1, 0.15) is 22.3 Å². The van der Waals surface area contributed by atoms with Gasteiger partial charge in [0.1, 0.15) is 11.5 Å². The summed E-state index contributed by atoms with van der Waals surface area (Å²) in [5, 5.41) is -0.352. The van der Waals surface area contributed by atoms with Crippen LogP contribution in [-0.2, 0) is 6.18 Å². The lowest BCUT2D eigenvalue weighted by molar-refractivity contribution is -0.137. The van der Waals surface area contributed by atoms with Crippen LogP contribution in [0.15, 0.2) is 36.9 Å². The normalized spacial score (nSPS) is 11.4. The fourth-order valence-corrected chi connectivity index (χ4v) is 2.28. The van der Waals surface area contributed by atoms with Crippen LogP contribution in [0, 0.1) is 13.8 Å². The summed E-state index contributed by atoms with van der Waals surface area (Å²) in [6.07, 6.45) is -2.80. The summed E-state index contributed by atoms with van der Waals surface area (Å²) in [6, 6.07) is 7.14. The second-order valence-corrected chi connectivity index (χ2v) is 5.33. The van der Waals surface area contributed by atoms with Crippen LogP contribution in [0.2, 0.25) is 5.02 Å². The standard InChI is InChI=1S/C17H14ClF3O/c1-4-12-7-11(3)16(8-10(12)2)22-13-5-6-15(18)14(9-13)17(19,20)21/h4-9H,1H2,2-3H3. The van der Waals surface area contributed by atoms with Crippen molar-refractivity contribution >= 4 is 17.7 Å². The van der Waals surface area contributed by atoms with Crippen molar-refractivity contribution in [2.75, 3.05) is 0 Å². The second-order valence-electron chi connectivity index (χ2n) is 4.92. The first-order chi connectivity index (χ1) is 10.2. The molecule has 2 rings (SSSR count). The molecule has 116 valence electrons. The summed E-state index contributed by atoms with van der Waals surface area (Å²) in [6.45, 7) is 7.42. The Morgan fingerprint density at radius 2 is 1.77 bits per heavy atom. The number of benzene rings is 2. The third kappa shape index (κ3) is 3.45. The number of ether oxygens (including phenoxy) is 1. The second kappa shape index (κ2) is 6.05. The van der Waals surface area contributed by atoms with Gasteiger partial charge in [0.05, 0.1) is 10.6 Å². The van der Waals surface area contributed by atoms with Crippen molar-refractivity contribution in [1.82, 2.24) is 0 Å². The average molecular weight is 327 g/mol. The van der Waals surface area contributed by atoms with E-state index < -0.39 is 11.7 Å². The third-order valence-electron chi connectivity index (χ3n) is 3.25. The van der Waals surface area contributed by atoms with Crippen LogP contribution in [0.3, 0.4) is 0 Å². The van der Waals surface area contributed by atoms with E-state index in [0.29, 0.717) is 5.75 Å². The van der Waals surface area contributed by atoms with E-state index in [4.69, 9.17) is 16.3 Å². The van der Waals surface area contributed by atoms with E-state index >= 15 is 0 Å². The fraction of sp³-hybridized carbons (Fsp3) is 0.176. The molecule has 1 nitrogen and oxygen atoms in total. The van der Waals surface area contributed by atoms with Crippen LogP contribution >= 0.6 is 11.6 Å². The summed E-state index contributed by atoms with van der Waals surface area (Å²) in [5.74, 6) is 0.587. The lowest BCUT2D eigenvalue weighted by atomic mass is 10.0. The van der Waals surface area contributed by atoms with Crippen LogP contribution in [0.25, 0.3) is 6.08 Å². The first kappa shape index (κ1) is 16.4. The minimum atomic E-state index is -4.52. The van der Waals surface area contributed by atoms with Crippen molar-refractivity contribution in [3.8, 4) is 11.5 Å². The Morgan fingerprint density at radius 3 is 2.36 bits per heavy atom. The molecule has 0 saturated heterocycles. The first-order valence-electron chi connectivity index (χ1n) is 6.50. The van der Waals surface area contributed by atoms with Crippen molar-refractivity contribution in [3.05, 3.63) is 64.2 Å². The van der Waals surface area contributed by atoms with Crippen LogP contribution < -0.4 is 4.74 Å². The number of alkyl halides is 3. The molecule has 2 aromatic rings. The summed E-state index contributed by atoms with van der Waals surface area (Å²) in [7, 11) is 0. The number of hydrogen-bond acceptors (Lipinski definition) is 1. The molecule has 0 aliphatic carbocycles. The van der Waals surface area contributed by atoms with Gasteiger partial charge < -0.3 is 4.74 Å². The Balaban J connectivity index is 2.40. The van der Waals surface area contributed by atoms with E-state index in [1.165, 1.54) is 12.1 Å². The highest BCUT2D eigenvalue weighted by atomic mass is 35.5. The topological polar surface area (TPSA) is 9.23 Å². The minimum Gasteiger partial charge on any atom is -0.457 e. The summed E-state index contributed by atoms with van der Waals surface area (Å²) >= 11 is 5.59. The minimum absolute atomic E-state index is 0.0885. The molecule has 0 N–H and O–H groups in total. The molecule has 0 bridgehead atoms. The molecular weight excluding hydrogens is 313 g/mol. The van der Waals surface area contributed by atoms with Gasteiger partial charge in [-0.15, -0.1) is 0 Å². The van der Waals surface area contributed by atoms with E-state index in [1.54, 1.807) is 12.1 Å². The Morgan fingerprint density at radius 1 is 1.09 bits per heavy atom. The molecule has 0 aliphatic heterocycles. The van der Waals surface area contributed by atoms with Crippen molar-refractivity contribution in [1.29, 1.82) is 0 Å². The summed E-state index contributed by atoms with van der Waals surface area (Å²) in [4.78, 5) is 0. The van der Waals surface area contributed by atoms with Gasteiger partial charge in [0.25, 0.3) is 0 Å². The molecule has 2 aromatic carbocycles. The van der Waals surface area contributed by atoms with Crippen LogP contribution in [-0.4, -0.2) is 0 Å². The zero-order valence-electron chi connectivity index (χ0n) is 12.1. The van der Waals surface area contributed by atoms with Gasteiger partial charge in [0.15, 0.2) is 0 Å². The highest BCUT2D eigenvalue weighted by molar-refractivity contribution is 6.31. The highest BCUT2D eigenvalue weighted by Crippen LogP contribution is 2.38. The summed E-state index contributed by atoms with van der Waals surface area (Å²) in [5.41, 5.74) is 1.78. The maximum atomic E-state index is 12.9. The highest BCUT2D eigenvalue weighted by Gasteiger charge is 2.33. The molecular formula is C17H14ClF3O. The van der Waals surface area contributed by atoms with Gasteiger partial charge in [-0.2, -0.15) is 13.2 Å². The lowest BCUT2D eigenvalue weighted by Crippen LogP contribution is -2.06. The average Bonchev–Trinajstić information content (AvgIpc) is 2.43. The Labute approximate surface area is 132 Å². The lowest BCUT2D eigenvalue weighted by Gasteiger charge is -2.14. The van der Waals surface area contributed by atoms with Gasteiger partial charge in [0, 0.05) is 0 Å². The maximum absolute atomic E-state index is 12.9.